The summed E-state index contributed by atoms with van der Waals surface area (Å²) in [7, 11) is 0. The molecule has 0 fully saturated rings. The van der Waals surface area contributed by atoms with E-state index in [1.54, 1.807) is 24.3 Å². The lowest BCUT2D eigenvalue weighted by Crippen LogP contribution is -2.12. The zero-order valence-corrected chi connectivity index (χ0v) is 10.5. The molecule has 0 radical (unpaired) electrons. The molecule has 0 saturated carbocycles. The van der Waals surface area contributed by atoms with Crippen molar-refractivity contribution in [3.05, 3.63) is 65.2 Å². The first-order valence-corrected chi connectivity index (χ1v) is 6.04. The minimum Gasteiger partial charge on any atom is -0.322 e. The fourth-order valence-electron chi connectivity index (χ4n) is 1.62. The van der Waals surface area contributed by atoms with Crippen LogP contribution in [0, 0.1) is 11.6 Å². The molecule has 2 rings (SSSR count). The Morgan fingerprint density at radius 2 is 1.79 bits per heavy atom. The molecule has 1 N–H and O–H groups in total. The second kappa shape index (κ2) is 5.80. The molecule has 0 bridgehead atoms. The first-order chi connectivity index (χ1) is 9.08. The van der Waals surface area contributed by atoms with Crippen molar-refractivity contribution in [3.8, 4) is 0 Å². The summed E-state index contributed by atoms with van der Waals surface area (Å²) in [6.45, 7) is 0. The van der Waals surface area contributed by atoms with Gasteiger partial charge in [-0.15, -0.1) is 11.6 Å². The molecule has 0 spiro atoms. The van der Waals surface area contributed by atoms with Crippen molar-refractivity contribution >= 4 is 23.2 Å². The number of anilines is 1. The molecule has 5 heteroatoms. The van der Waals surface area contributed by atoms with Crippen molar-refractivity contribution in [1.82, 2.24) is 0 Å². The summed E-state index contributed by atoms with van der Waals surface area (Å²) in [5, 5.41) is 2.43. The minimum atomic E-state index is -0.746. The number of hydrogen-bond acceptors (Lipinski definition) is 1. The van der Waals surface area contributed by atoms with Crippen LogP contribution in [0.25, 0.3) is 0 Å². The highest BCUT2D eigenvalue weighted by Crippen LogP contribution is 2.15. The summed E-state index contributed by atoms with van der Waals surface area (Å²) in [6, 6.07) is 9.53. The summed E-state index contributed by atoms with van der Waals surface area (Å²) in [5.74, 6) is -1.65. The Morgan fingerprint density at radius 3 is 2.42 bits per heavy atom. The average Bonchev–Trinajstić information content (AvgIpc) is 2.37. The van der Waals surface area contributed by atoms with Crippen LogP contribution in [-0.2, 0) is 5.88 Å². The maximum atomic E-state index is 13.0. The zero-order valence-electron chi connectivity index (χ0n) is 9.79. The highest BCUT2D eigenvalue weighted by atomic mass is 35.5. The molecule has 1 amide bonds. The van der Waals surface area contributed by atoms with Crippen molar-refractivity contribution < 1.29 is 13.6 Å². The second-order valence-corrected chi connectivity index (χ2v) is 4.21. The Labute approximate surface area is 114 Å². The van der Waals surface area contributed by atoms with E-state index in [4.69, 9.17) is 11.6 Å². The van der Waals surface area contributed by atoms with E-state index in [0.717, 1.165) is 23.8 Å². The highest BCUT2D eigenvalue weighted by molar-refractivity contribution is 6.17. The van der Waals surface area contributed by atoms with Crippen LogP contribution in [0.2, 0.25) is 0 Å². The third-order valence-corrected chi connectivity index (χ3v) is 2.77. The van der Waals surface area contributed by atoms with Gasteiger partial charge in [0.05, 0.1) is 0 Å². The van der Waals surface area contributed by atoms with Crippen LogP contribution in [0.3, 0.4) is 0 Å². The molecule has 0 saturated heterocycles. The van der Waals surface area contributed by atoms with Crippen molar-refractivity contribution in [2.24, 2.45) is 0 Å². The fourth-order valence-corrected chi connectivity index (χ4v) is 1.79. The molecule has 19 heavy (non-hydrogen) atoms. The van der Waals surface area contributed by atoms with Gasteiger partial charge in [0.2, 0.25) is 0 Å². The molecule has 0 atom stereocenters. The van der Waals surface area contributed by atoms with E-state index < -0.39 is 17.5 Å². The van der Waals surface area contributed by atoms with E-state index in [1.165, 1.54) is 0 Å². The van der Waals surface area contributed by atoms with Crippen LogP contribution in [-0.4, -0.2) is 5.91 Å². The van der Waals surface area contributed by atoms with Gasteiger partial charge in [-0.05, 0) is 29.8 Å². The fraction of sp³-hybridized carbons (Fsp3) is 0.0714. The third-order valence-electron chi connectivity index (χ3n) is 2.46. The molecular weight excluding hydrogens is 272 g/mol. The number of carbonyl (C=O) groups excluding carboxylic acids is 1. The van der Waals surface area contributed by atoms with E-state index >= 15 is 0 Å². The van der Waals surface area contributed by atoms with Gasteiger partial charge in [0.25, 0.3) is 5.91 Å². The van der Waals surface area contributed by atoms with Gasteiger partial charge >= 0.3 is 0 Å². The summed E-state index contributed by atoms with van der Waals surface area (Å²) in [6.07, 6.45) is 0. The molecule has 0 aliphatic carbocycles. The largest absolute Gasteiger partial charge is 0.322 e. The van der Waals surface area contributed by atoms with Crippen molar-refractivity contribution in [2.45, 2.75) is 5.88 Å². The predicted octanol–water partition coefficient (Wildman–Crippen LogP) is 3.96. The first-order valence-electron chi connectivity index (χ1n) is 5.51. The quantitative estimate of drug-likeness (QED) is 0.848. The lowest BCUT2D eigenvalue weighted by Gasteiger charge is -2.06. The molecule has 0 heterocycles. The summed E-state index contributed by atoms with van der Waals surface area (Å²) in [5.41, 5.74) is 1.24. The molecule has 0 aliphatic rings. The maximum absolute atomic E-state index is 13.0. The molecule has 2 aromatic carbocycles. The molecule has 2 nitrogen and oxygen atoms in total. The Balaban J connectivity index is 2.20. The van der Waals surface area contributed by atoms with Crippen LogP contribution in [0.5, 0.6) is 0 Å². The van der Waals surface area contributed by atoms with Gasteiger partial charge in [0, 0.05) is 23.2 Å². The van der Waals surface area contributed by atoms with E-state index in [9.17, 15) is 13.6 Å². The molecule has 98 valence electrons. The van der Waals surface area contributed by atoms with Gasteiger partial charge < -0.3 is 5.32 Å². The molecule has 0 aliphatic heterocycles. The third kappa shape index (κ3) is 3.51. The minimum absolute atomic E-state index is 0.0683. The number of rotatable bonds is 3. The smallest absolute Gasteiger partial charge is 0.255 e. The van der Waals surface area contributed by atoms with Crippen molar-refractivity contribution in [2.75, 3.05) is 5.32 Å². The first kappa shape index (κ1) is 13.5. The summed E-state index contributed by atoms with van der Waals surface area (Å²) in [4.78, 5) is 11.9. The number of hydrogen-bond donors (Lipinski definition) is 1. The Hall–Kier alpha value is -1.94. The van der Waals surface area contributed by atoms with Gasteiger partial charge in [0.1, 0.15) is 11.6 Å². The van der Waals surface area contributed by atoms with Gasteiger partial charge in [-0.3, -0.25) is 4.79 Å². The second-order valence-electron chi connectivity index (χ2n) is 3.95. The Bertz CT molecular complexity index is 596. The SMILES string of the molecule is O=C(Nc1cc(F)cc(F)c1)c1cccc(CCl)c1. The van der Waals surface area contributed by atoms with Crippen LogP contribution < -0.4 is 5.32 Å². The van der Waals surface area contributed by atoms with E-state index in [0.29, 0.717) is 5.56 Å². The zero-order chi connectivity index (χ0) is 13.8. The van der Waals surface area contributed by atoms with Gasteiger partial charge in [0.15, 0.2) is 0 Å². The van der Waals surface area contributed by atoms with Crippen molar-refractivity contribution in [3.63, 3.8) is 0 Å². The number of carbonyl (C=O) groups is 1. The lowest BCUT2D eigenvalue weighted by atomic mass is 10.1. The Kier molecular flexibility index (Phi) is 4.12. The van der Waals surface area contributed by atoms with E-state index in [2.05, 4.69) is 5.32 Å². The summed E-state index contributed by atoms with van der Waals surface area (Å²) >= 11 is 5.67. The highest BCUT2D eigenvalue weighted by Gasteiger charge is 2.08. The number of halogens is 3. The number of nitrogens with one attached hydrogen (secondary N) is 1. The standard InChI is InChI=1S/C14H10ClF2NO/c15-8-9-2-1-3-10(4-9)14(19)18-13-6-11(16)5-12(17)7-13/h1-7H,8H2,(H,18,19). The molecular formula is C14H10ClF2NO. The predicted molar refractivity (Wildman–Crippen MR) is 70.3 cm³/mol. The van der Waals surface area contributed by atoms with Gasteiger partial charge in [-0.1, -0.05) is 12.1 Å². The number of alkyl halides is 1. The maximum Gasteiger partial charge on any atom is 0.255 e. The van der Waals surface area contributed by atoms with E-state index in [1.807, 2.05) is 0 Å². The Morgan fingerprint density at radius 1 is 1.11 bits per heavy atom. The van der Waals surface area contributed by atoms with E-state index in [-0.39, 0.29) is 11.6 Å². The van der Waals surface area contributed by atoms with Crippen LogP contribution >= 0.6 is 11.6 Å². The van der Waals surface area contributed by atoms with Gasteiger partial charge in [-0.2, -0.15) is 0 Å². The monoisotopic (exact) mass is 281 g/mol. The lowest BCUT2D eigenvalue weighted by molar-refractivity contribution is 0.102. The van der Waals surface area contributed by atoms with Crippen LogP contribution in [0.4, 0.5) is 14.5 Å². The number of benzene rings is 2. The topological polar surface area (TPSA) is 29.1 Å². The molecule has 0 aromatic heterocycles. The molecule has 0 unspecified atom stereocenters. The normalized spacial score (nSPS) is 10.3. The van der Waals surface area contributed by atoms with Crippen molar-refractivity contribution in [1.29, 1.82) is 0 Å². The van der Waals surface area contributed by atoms with Gasteiger partial charge in [-0.25, -0.2) is 8.78 Å². The average molecular weight is 282 g/mol. The van der Waals surface area contributed by atoms with Crippen LogP contribution in [0.1, 0.15) is 15.9 Å². The number of amides is 1. The van der Waals surface area contributed by atoms with Crippen LogP contribution in [0.15, 0.2) is 42.5 Å². The summed E-state index contributed by atoms with van der Waals surface area (Å²) < 4.78 is 26.0. The molecule has 2 aromatic rings.